The first-order valence-corrected chi connectivity index (χ1v) is 8.38. The van der Waals surface area contributed by atoms with E-state index in [0.717, 1.165) is 12.0 Å². The Balaban J connectivity index is 1.71. The highest BCUT2D eigenvalue weighted by molar-refractivity contribution is 5.80. The lowest BCUT2D eigenvalue weighted by molar-refractivity contribution is -0.135. The number of hydrogen-bond donors (Lipinski definition) is 1. The number of piperidine rings is 1. The number of carbonyl (C=O) groups is 1. The number of aliphatic hydroxyl groups is 1. The van der Waals surface area contributed by atoms with Crippen molar-refractivity contribution in [3.05, 3.63) is 40.4 Å². The van der Waals surface area contributed by atoms with Gasteiger partial charge in [0.2, 0.25) is 5.91 Å². The van der Waals surface area contributed by atoms with Gasteiger partial charge in [0, 0.05) is 26.1 Å². The predicted octanol–water partition coefficient (Wildman–Crippen LogP) is 1.32. The van der Waals surface area contributed by atoms with Crippen molar-refractivity contribution in [1.29, 1.82) is 0 Å². The average molecular weight is 329 g/mol. The third kappa shape index (κ3) is 3.19. The first-order chi connectivity index (χ1) is 11.5. The zero-order valence-electron chi connectivity index (χ0n) is 14.1. The van der Waals surface area contributed by atoms with Crippen molar-refractivity contribution < 1.29 is 9.90 Å². The maximum atomic E-state index is 12.5. The Morgan fingerprint density at radius 2 is 2.21 bits per heavy atom. The number of carbonyl (C=O) groups excluding carboxylic acids is 1. The number of rotatable bonds is 3. The number of hydrogen-bond acceptors (Lipinski definition) is 4. The summed E-state index contributed by atoms with van der Waals surface area (Å²) in [4.78, 5) is 30.9. The number of aryl methyl sites for hydroxylation is 2. The molecule has 1 aromatic heterocycles. The molecule has 2 heterocycles. The molecule has 6 nitrogen and oxygen atoms in total. The maximum absolute atomic E-state index is 12.5. The molecule has 1 aliphatic heterocycles. The number of aromatic nitrogens is 2. The number of aliphatic hydroxyl groups excluding tert-OH is 1. The molecule has 128 valence electrons. The van der Waals surface area contributed by atoms with Crippen molar-refractivity contribution >= 4 is 16.8 Å². The van der Waals surface area contributed by atoms with Gasteiger partial charge in [0.15, 0.2) is 0 Å². The minimum atomic E-state index is -0.462. The van der Waals surface area contributed by atoms with Crippen LogP contribution in [0, 0.1) is 12.8 Å². The summed E-state index contributed by atoms with van der Waals surface area (Å²) in [5, 5.41) is 10.5. The lowest BCUT2D eigenvalue weighted by atomic mass is 9.96. The van der Waals surface area contributed by atoms with Gasteiger partial charge in [0.05, 0.1) is 23.3 Å². The fraction of sp³-hybridized carbons (Fsp3) is 0.500. The molecule has 1 amide bonds. The highest BCUT2D eigenvalue weighted by Gasteiger charge is 2.26. The number of β-amino-alcohol motifs (C(OH)–C–C–N with tert-alkyl or cyclic N) is 1. The monoisotopic (exact) mass is 329 g/mol. The van der Waals surface area contributed by atoms with E-state index in [1.165, 1.54) is 10.9 Å². The largest absolute Gasteiger partial charge is 0.391 e. The van der Waals surface area contributed by atoms with Crippen LogP contribution in [-0.2, 0) is 11.3 Å². The van der Waals surface area contributed by atoms with Gasteiger partial charge in [-0.2, -0.15) is 0 Å². The summed E-state index contributed by atoms with van der Waals surface area (Å²) in [6.07, 6.45) is 2.10. The van der Waals surface area contributed by atoms with Crippen LogP contribution >= 0.6 is 0 Å². The van der Waals surface area contributed by atoms with Crippen LogP contribution in [0.4, 0.5) is 0 Å². The molecule has 24 heavy (non-hydrogen) atoms. The first kappa shape index (κ1) is 16.6. The van der Waals surface area contributed by atoms with E-state index in [1.807, 2.05) is 26.0 Å². The normalized spacial score (nSPS) is 21.2. The number of nitrogens with zero attached hydrogens (tertiary/aromatic N) is 3. The van der Waals surface area contributed by atoms with Gasteiger partial charge in [-0.1, -0.05) is 19.1 Å². The van der Waals surface area contributed by atoms with E-state index in [0.29, 0.717) is 30.5 Å². The van der Waals surface area contributed by atoms with Crippen molar-refractivity contribution in [3.8, 4) is 0 Å². The molecule has 1 saturated heterocycles. The fourth-order valence-corrected chi connectivity index (χ4v) is 3.15. The summed E-state index contributed by atoms with van der Waals surface area (Å²) < 4.78 is 1.49. The first-order valence-electron chi connectivity index (χ1n) is 8.38. The SMILES string of the molecule is Cc1cccc2c(=O)n(CCC(=O)N3CCC(C)C(O)C3)cnc12. The zero-order valence-corrected chi connectivity index (χ0v) is 14.1. The lowest BCUT2D eigenvalue weighted by Crippen LogP contribution is -2.46. The molecule has 0 saturated carbocycles. The Kier molecular flexibility index (Phi) is 4.66. The van der Waals surface area contributed by atoms with E-state index in [4.69, 9.17) is 0 Å². The minimum absolute atomic E-state index is 0.0304. The van der Waals surface area contributed by atoms with Gasteiger partial charge >= 0.3 is 0 Å². The molecular formula is C18H23N3O3. The topological polar surface area (TPSA) is 75.4 Å². The van der Waals surface area contributed by atoms with Crippen molar-refractivity contribution in [2.45, 2.75) is 39.3 Å². The summed E-state index contributed by atoms with van der Waals surface area (Å²) >= 11 is 0. The smallest absolute Gasteiger partial charge is 0.261 e. The lowest BCUT2D eigenvalue weighted by Gasteiger charge is -2.34. The van der Waals surface area contributed by atoms with E-state index in [9.17, 15) is 14.7 Å². The van der Waals surface area contributed by atoms with Crippen molar-refractivity contribution in [1.82, 2.24) is 14.5 Å². The van der Waals surface area contributed by atoms with Crippen LogP contribution in [-0.4, -0.2) is 44.7 Å². The van der Waals surface area contributed by atoms with Crippen molar-refractivity contribution in [2.75, 3.05) is 13.1 Å². The third-order valence-electron chi connectivity index (χ3n) is 4.89. The van der Waals surface area contributed by atoms with Gasteiger partial charge in [-0.3, -0.25) is 14.2 Å². The second kappa shape index (κ2) is 6.73. The summed E-state index contributed by atoms with van der Waals surface area (Å²) in [6.45, 7) is 5.27. The fourth-order valence-electron chi connectivity index (χ4n) is 3.15. The number of likely N-dealkylation sites (tertiary alicyclic amines) is 1. The van der Waals surface area contributed by atoms with Crippen molar-refractivity contribution in [2.24, 2.45) is 5.92 Å². The molecule has 1 fully saturated rings. The van der Waals surface area contributed by atoms with Gasteiger partial charge in [-0.25, -0.2) is 4.98 Å². The zero-order chi connectivity index (χ0) is 17.3. The molecule has 1 aromatic carbocycles. The number of amides is 1. The molecular weight excluding hydrogens is 306 g/mol. The van der Waals surface area contributed by atoms with E-state index in [-0.39, 0.29) is 23.8 Å². The molecule has 2 unspecified atom stereocenters. The molecule has 0 aliphatic carbocycles. The Morgan fingerprint density at radius 3 is 2.96 bits per heavy atom. The predicted molar refractivity (Wildman–Crippen MR) is 91.7 cm³/mol. The van der Waals surface area contributed by atoms with Crippen LogP contribution in [0.1, 0.15) is 25.3 Å². The Bertz CT molecular complexity index is 815. The number of para-hydroxylation sites is 1. The van der Waals surface area contributed by atoms with Gasteiger partial charge in [0.1, 0.15) is 0 Å². The van der Waals surface area contributed by atoms with Gasteiger partial charge in [0.25, 0.3) is 5.56 Å². The van der Waals surface area contributed by atoms with Crippen LogP contribution < -0.4 is 5.56 Å². The van der Waals surface area contributed by atoms with Gasteiger partial charge in [-0.05, 0) is 30.9 Å². The molecule has 0 bridgehead atoms. The second-order valence-corrected chi connectivity index (χ2v) is 6.64. The molecule has 2 aromatic rings. The standard InChI is InChI=1S/C18H23N3O3/c1-12-6-8-20(10-15(12)22)16(23)7-9-21-11-19-17-13(2)4-3-5-14(17)18(21)24/h3-5,11-12,15,22H,6-10H2,1-2H3. The summed E-state index contributed by atoms with van der Waals surface area (Å²) in [6, 6.07) is 5.52. The van der Waals surface area contributed by atoms with Gasteiger partial charge in [-0.15, -0.1) is 0 Å². The molecule has 0 spiro atoms. The van der Waals surface area contributed by atoms with Crippen LogP contribution in [0.5, 0.6) is 0 Å². The van der Waals surface area contributed by atoms with E-state index in [1.54, 1.807) is 11.0 Å². The van der Waals surface area contributed by atoms with Crippen LogP contribution in [0.25, 0.3) is 10.9 Å². The molecule has 1 N–H and O–H groups in total. The summed E-state index contributed by atoms with van der Waals surface area (Å²) in [5.41, 5.74) is 1.55. The molecule has 2 atom stereocenters. The highest BCUT2D eigenvalue weighted by atomic mass is 16.3. The Hall–Kier alpha value is -2.21. The second-order valence-electron chi connectivity index (χ2n) is 6.64. The molecule has 6 heteroatoms. The average Bonchev–Trinajstić information content (AvgIpc) is 2.57. The highest BCUT2D eigenvalue weighted by Crippen LogP contribution is 2.17. The van der Waals surface area contributed by atoms with E-state index < -0.39 is 6.10 Å². The van der Waals surface area contributed by atoms with Gasteiger partial charge < -0.3 is 10.0 Å². The maximum Gasteiger partial charge on any atom is 0.261 e. The van der Waals surface area contributed by atoms with E-state index >= 15 is 0 Å². The minimum Gasteiger partial charge on any atom is -0.391 e. The third-order valence-corrected chi connectivity index (χ3v) is 4.89. The molecule has 1 aliphatic rings. The Labute approximate surface area is 140 Å². The van der Waals surface area contributed by atoms with Crippen LogP contribution in [0.15, 0.2) is 29.3 Å². The molecule has 0 radical (unpaired) electrons. The van der Waals surface area contributed by atoms with Crippen molar-refractivity contribution in [3.63, 3.8) is 0 Å². The number of fused-ring (bicyclic) bond motifs is 1. The van der Waals surface area contributed by atoms with E-state index in [2.05, 4.69) is 4.98 Å². The Morgan fingerprint density at radius 1 is 1.42 bits per heavy atom. The molecule has 3 rings (SSSR count). The van der Waals surface area contributed by atoms with Crippen LogP contribution in [0.2, 0.25) is 0 Å². The number of benzene rings is 1. The summed E-state index contributed by atoms with van der Waals surface area (Å²) in [7, 11) is 0. The van der Waals surface area contributed by atoms with Crippen LogP contribution in [0.3, 0.4) is 0 Å². The quantitative estimate of drug-likeness (QED) is 0.922. The summed E-state index contributed by atoms with van der Waals surface area (Å²) in [5.74, 6) is 0.196.